The van der Waals surface area contributed by atoms with E-state index in [1.807, 2.05) is 6.92 Å². The van der Waals surface area contributed by atoms with Gasteiger partial charge in [-0.05, 0) is 19.4 Å². The summed E-state index contributed by atoms with van der Waals surface area (Å²) in [5.74, 6) is -0.546. The van der Waals surface area contributed by atoms with Crippen LogP contribution in [-0.4, -0.2) is 30.9 Å². The van der Waals surface area contributed by atoms with E-state index in [9.17, 15) is 9.59 Å². The first kappa shape index (κ1) is 11.0. The number of carbonyl (C=O) groups is 2. The molecular formula is C9H17N3O2. The van der Waals surface area contributed by atoms with Crippen molar-refractivity contribution in [1.82, 2.24) is 10.6 Å². The maximum absolute atomic E-state index is 11.6. The number of hydrogen-bond donors (Lipinski definition) is 3. The van der Waals surface area contributed by atoms with Crippen LogP contribution < -0.4 is 16.4 Å². The molecule has 0 aromatic heterocycles. The fourth-order valence-corrected chi connectivity index (χ4v) is 1.54. The van der Waals surface area contributed by atoms with E-state index in [1.165, 1.54) is 0 Å². The lowest BCUT2D eigenvalue weighted by Gasteiger charge is -2.15. The highest BCUT2D eigenvalue weighted by molar-refractivity contribution is 5.87. The summed E-state index contributed by atoms with van der Waals surface area (Å²) in [6, 6.07) is -0.525. The van der Waals surface area contributed by atoms with Gasteiger partial charge in [-0.25, -0.2) is 0 Å². The molecule has 0 unspecified atom stereocenters. The van der Waals surface area contributed by atoms with Gasteiger partial charge in [0.15, 0.2) is 0 Å². The Balaban J connectivity index is 2.41. The fraction of sp³-hybridized carbons (Fsp3) is 0.778. The Morgan fingerprint density at radius 2 is 2.36 bits per heavy atom. The first-order chi connectivity index (χ1) is 6.65. The summed E-state index contributed by atoms with van der Waals surface area (Å²) in [6.45, 7) is 3.38. The summed E-state index contributed by atoms with van der Waals surface area (Å²) in [5, 5.41) is 5.75. The third-order valence-corrected chi connectivity index (χ3v) is 2.50. The monoisotopic (exact) mass is 199 g/mol. The minimum absolute atomic E-state index is 0.0107. The quantitative estimate of drug-likeness (QED) is 0.541. The van der Waals surface area contributed by atoms with Crippen molar-refractivity contribution >= 4 is 11.8 Å². The van der Waals surface area contributed by atoms with E-state index >= 15 is 0 Å². The summed E-state index contributed by atoms with van der Waals surface area (Å²) in [7, 11) is 0. The molecule has 4 N–H and O–H groups in total. The molecule has 1 aliphatic rings. The van der Waals surface area contributed by atoms with Gasteiger partial charge in [-0.1, -0.05) is 6.92 Å². The average Bonchev–Trinajstić information content (AvgIpc) is 2.65. The van der Waals surface area contributed by atoms with Crippen LogP contribution in [0.1, 0.15) is 19.8 Å². The van der Waals surface area contributed by atoms with E-state index in [0.717, 1.165) is 13.0 Å². The molecule has 2 amide bonds. The third kappa shape index (κ3) is 2.70. The minimum Gasteiger partial charge on any atom is -0.368 e. The Kier molecular flexibility index (Phi) is 3.88. The van der Waals surface area contributed by atoms with Crippen LogP contribution in [0.4, 0.5) is 0 Å². The molecule has 2 atom stereocenters. The van der Waals surface area contributed by atoms with Crippen molar-refractivity contribution in [2.45, 2.75) is 25.8 Å². The molecule has 1 saturated heterocycles. The molecule has 14 heavy (non-hydrogen) atoms. The molecule has 5 nitrogen and oxygen atoms in total. The van der Waals surface area contributed by atoms with Crippen LogP contribution >= 0.6 is 0 Å². The van der Waals surface area contributed by atoms with Crippen molar-refractivity contribution < 1.29 is 9.59 Å². The molecule has 5 heteroatoms. The molecule has 0 spiro atoms. The van der Waals surface area contributed by atoms with Crippen LogP contribution in [0.25, 0.3) is 0 Å². The molecule has 0 bridgehead atoms. The first-order valence-electron chi connectivity index (χ1n) is 4.95. The minimum atomic E-state index is -0.525. The van der Waals surface area contributed by atoms with Gasteiger partial charge in [0.1, 0.15) is 6.04 Å². The van der Waals surface area contributed by atoms with E-state index in [2.05, 4.69) is 10.6 Å². The Hall–Kier alpha value is -1.10. The Morgan fingerprint density at radius 3 is 2.79 bits per heavy atom. The van der Waals surface area contributed by atoms with Crippen LogP contribution in [0.3, 0.4) is 0 Å². The van der Waals surface area contributed by atoms with Crippen molar-refractivity contribution in [1.29, 1.82) is 0 Å². The molecule has 0 aromatic rings. The van der Waals surface area contributed by atoms with E-state index < -0.39 is 11.9 Å². The topological polar surface area (TPSA) is 84.2 Å². The molecule has 0 aliphatic carbocycles. The van der Waals surface area contributed by atoms with Gasteiger partial charge in [-0.15, -0.1) is 0 Å². The normalized spacial score (nSPS) is 23.1. The average molecular weight is 199 g/mol. The van der Waals surface area contributed by atoms with Gasteiger partial charge in [0.25, 0.3) is 0 Å². The van der Waals surface area contributed by atoms with Crippen molar-refractivity contribution in [2.75, 3.05) is 13.1 Å². The SMILES string of the molecule is CC[C@H](NC(=O)[C@H]1CCNC1)C(N)=O. The molecule has 1 heterocycles. The Labute approximate surface area is 83.4 Å². The van der Waals surface area contributed by atoms with Crippen LogP contribution in [0.15, 0.2) is 0 Å². The van der Waals surface area contributed by atoms with Gasteiger partial charge < -0.3 is 16.4 Å². The Bertz CT molecular complexity index is 224. The number of nitrogens with one attached hydrogen (secondary N) is 2. The molecule has 80 valence electrons. The first-order valence-corrected chi connectivity index (χ1v) is 4.95. The lowest BCUT2D eigenvalue weighted by molar-refractivity contribution is -0.129. The summed E-state index contributed by atoms with van der Waals surface area (Å²) in [4.78, 5) is 22.4. The highest BCUT2D eigenvalue weighted by atomic mass is 16.2. The van der Waals surface area contributed by atoms with Crippen molar-refractivity contribution in [2.24, 2.45) is 11.7 Å². The van der Waals surface area contributed by atoms with Crippen molar-refractivity contribution in [3.8, 4) is 0 Å². The molecule has 0 saturated carbocycles. The second-order valence-electron chi connectivity index (χ2n) is 3.56. The zero-order valence-electron chi connectivity index (χ0n) is 8.38. The summed E-state index contributed by atoms with van der Waals surface area (Å²) < 4.78 is 0. The maximum atomic E-state index is 11.6. The molecule has 1 rings (SSSR count). The Morgan fingerprint density at radius 1 is 1.64 bits per heavy atom. The van der Waals surface area contributed by atoms with Crippen molar-refractivity contribution in [3.63, 3.8) is 0 Å². The molecule has 0 radical (unpaired) electrons. The van der Waals surface area contributed by atoms with Gasteiger partial charge >= 0.3 is 0 Å². The van der Waals surface area contributed by atoms with Crippen LogP contribution in [-0.2, 0) is 9.59 Å². The predicted molar refractivity (Wildman–Crippen MR) is 52.4 cm³/mol. The molecule has 0 aromatic carbocycles. The van der Waals surface area contributed by atoms with E-state index in [1.54, 1.807) is 0 Å². The zero-order chi connectivity index (χ0) is 10.6. The standard InChI is InChI=1S/C9H17N3O2/c1-2-7(8(10)13)12-9(14)6-3-4-11-5-6/h6-7,11H,2-5H2,1H3,(H2,10,13)(H,12,14)/t6-,7-/m0/s1. The van der Waals surface area contributed by atoms with E-state index in [-0.39, 0.29) is 11.8 Å². The molecular weight excluding hydrogens is 182 g/mol. The lowest BCUT2D eigenvalue weighted by atomic mass is 10.1. The smallest absolute Gasteiger partial charge is 0.239 e. The van der Waals surface area contributed by atoms with Crippen LogP contribution in [0.5, 0.6) is 0 Å². The largest absolute Gasteiger partial charge is 0.368 e. The van der Waals surface area contributed by atoms with E-state index in [0.29, 0.717) is 13.0 Å². The number of amides is 2. The van der Waals surface area contributed by atoms with E-state index in [4.69, 9.17) is 5.73 Å². The zero-order valence-corrected chi connectivity index (χ0v) is 8.38. The molecule has 1 fully saturated rings. The van der Waals surface area contributed by atoms with Gasteiger partial charge in [-0.3, -0.25) is 9.59 Å². The van der Waals surface area contributed by atoms with Gasteiger partial charge in [0, 0.05) is 6.54 Å². The van der Waals surface area contributed by atoms with Gasteiger partial charge in [0.2, 0.25) is 11.8 Å². The number of carbonyl (C=O) groups excluding carboxylic acids is 2. The highest BCUT2D eigenvalue weighted by Crippen LogP contribution is 2.07. The fourth-order valence-electron chi connectivity index (χ4n) is 1.54. The lowest BCUT2D eigenvalue weighted by Crippen LogP contribution is -2.46. The number of nitrogens with two attached hydrogens (primary N) is 1. The summed E-state index contributed by atoms with van der Waals surface area (Å²) in [5.41, 5.74) is 5.12. The number of hydrogen-bond acceptors (Lipinski definition) is 3. The van der Waals surface area contributed by atoms with Crippen LogP contribution in [0.2, 0.25) is 0 Å². The second kappa shape index (κ2) is 4.95. The second-order valence-corrected chi connectivity index (χ2v) is 3.56. The number of primary amides is 1. The van der Waals surface area contributed by atoms with Crippen molar-refractivity contribution in [3.05, 3.63) is 0 Å². The van der Waals surface area contributed by atoms with Gasteiger partial charge in [-0.2, -0.15) is 0 Å². The van der Waals surface area contributed by atoms with Crippen LogP contribution in [0, 0.1) is 5.92 Å². The molecule has 1 aliphatic heterocycles. The predicted octanol–water partition coefficient (Wildman–Crippen LogP) is -1.02. The van der Waals surface area contributed by atoms with Gasteiger partial charge in [0.05, 0.1) is 5.92 Å². The summed E-state index contributed by atoms with van der Waals surface area (Å²) >= 11 is 0. The maximum Gasteiger partial charge on any atom is 0.239 e. The highest BCUT2D eigenvalue weighted by Gasteiger charge is 2.25. The summed E-state index contributed by atoms with van der Waals surface area (Å²) in [6.07, 6.45) is 1.38. The third-order valence-electron chi connectivity index (χ3n) is 2.50. The number of rotatable bonds is 4.